The number of hydrogen-bond donors (Lipinski definition) is 1. The monoisotopic (exact) mass is 283 g/mol. The summed E-state index contributed by atoms with van der Waals surface area (Å²) in [6.45, 7) is 2.81. The van der Waals surface area contributed by atoms with Gasteiger partial charge in [0.1, 0.15) is 5.76 Å². The Morgan fingerprint density at radius 3 is 2.90 bits per heavy atom. The van der Waals surface area contributed by atoms with Gasteiger partial charge in [-0.15, -0.1) is 0 Å². The van der Waals surface area contributed by atoms with Crippen molar-refractivity contribution < 1.29 is 9.21 Å². The molecule has 0 bridgehead atoms. The second-order valence-corrected chi connectivity index (χ2v) is 4.92. The lowest BCUT2D eigenvalue weighted by atomic mass is 10.2. The Kier molecular flexibility index (Phi) is 4.75. The number of carbonyl (C=O) groups is 1. The molecule has 0 aliphatic heterocycles. The van der Waals surface area contributed by atoms with Crippen LogP contribution in [-0.4, -0.2) is 24.4 Å². The largest absolute Gasteiger partial charge is 0.469 e. The summed E-state index contributed by atoms with van der Waals surface area (Å²) in [7, 11) is 1.87. The Hall–Kier alpha value is -2.58. The number of nitrogens with one attached hydrogen (secondary N) is 1. The first-order valence-electron chi connectivity index (χ1n) is 6.60. The highest BCUT2D eigenvalue weighted by atomic mass is 16.3. The molecule has 1 amide bonds. The topological polar surface area (TPSA) is 69.3 Å². The van der Waals surface area contributed by atoms with E-state index in [9.17, 15) is 4.79 Å². The maximum absolute atomic E-state index is 12.0. The molecule has 0 fully saturated rings. The molecule has 108 valence electrons. The van der Waals surface area contributed by atoms with Gasteiger partial charge in [-0.25, -0.2) is 0 Å². The van der Waals surface area contributed by atoms with Gasteiger partial charge in [0, 0.05) is 17.8 Å². The smallest absolute Gasteiger partial charge is 0.238 e. The zero-order chi connectivity index (χ0) is 15.2. The van der Waals surface area contributed by atoms with E-state index in [1.807, 2.05) is 31.0 Å². The Balaban J connectivity index is 1.89. The minimum absolute atomic E-state index is 0.117. The van der Waals surface area contributed by atoms with Gasteiger partial charge in [0.2, 0.25) is 5.91 Å². The van der Waals surface area contributed by atoms with Crippen LogP contribution in [0.15, 0.2) is 41.0 Å². The van der Waals surface area contributed by atoms with Crippen LogP contribution in [-0.2, 0) is 11.3 Å². The van der Waals surface area contributed by atoms with Crippen LogP contribution in [0, 0.1) is 18.3 Å². The molecular weight excluding hydrogens is 266 g/mol. The molecule has 0 saturated carbocycles. The molecule has 21 heavy (non-hydrogen) atoms. The van der Waals surface area contributed by atoms with E-state index in [1.165, 1.54) is 0 Å². The Bertz CT molecular complexity index is 670. The van der Waals surface area contributed by atoms with E-state index < -0.39 is 0 Å². The summed E-state index contributed by atoms with van der Waals surface area (Å²) >= 11 is 0. The van der Waals surface area contributed by atoms with Crippen molar-refractivity contribution in [1.82, 2.24) is 4.90 Å². The third-order valence-electron chi connectivity index (χ3n) is 3.10. The highest BCUT2D eigenvalue weighted by molar-refractivity contribution is 5.92. The van der Waals surface area contributed by atoms with Gasteiger partial charge < -0.3 is 9.73 Å². The Morgan fingerprint density at radius 2 is 2.24 bits per heavy atom. The number of anilines is 1. The number of nitriles is 1. The number of carbonyl (C=O) groups excluding carboxylic acids is 1. The SMILES string of the molecule is Cc1occc1CN(C)CC(=O)Nc1cccc(C#N)c1. The van der Waals surface area contributed by atoms with Gasteiger partial charge in [0.25, 0.3) is 0 Å². The number of benzene rings is 1. The molecule has 0 aliphatic rings. The lowest BCUT2D eigenvalue weighted by molar-refractivity contribution is -0.117. The molecule has 0 saturated heterocycles. The molecule has 0 spiro atoms. The minimum Gasteiger partial charge on any atom is -0.469 e. The van der Waals surface area contributed by atoms with Gasteiger partial charge in [-0.1, -0.05) is 6.07 Å². The summed E-state index contributed by atoms with van der Waals surface area (Å²) in [5.74, 6) is 0.748. The van der Waals surface area contributed by atoms with E-state index in [0.29, 0.717) is 17.8 Å². The minimum atomic E-state index is -0.117. The molecule has 2 aromatic rings. The van der Waals surface area contributed by atoms with E-state index in [4.69, 9.17) is 9.68 Å². The standard InChI is InChI=1S/C16H17N3O2/c1-12-14(6-7-21-12)10-19(2)11-16(20)18-15-5-3-4-13(8-15)9-17/h3-8H,10-11H2,1-2H3,(H,18,20). The third-order valence-corrected chi connectivity index (χ3v) is 3.10. The van der Waals surface area contributed by atoms with Crippen LogP contribution in [0.1, 0.15) is 16.9 Å². The van der Waals surface area contributed by atoms with Crippen LogP contribution in [0.25, 0.3) is 0 Å². The van der Waals surface area contributed by atoms with E-state index in [-0.39, 0.29) is 12.5 Å². The van der Waals surface area contributed by atoms with E-state index in [2.05, 4.69) is 5.32 Å². The van der Waals surface area contributed by atoms with Crippen molar-refractivity contribution in [3.63, 3.8) is 0 Å². The highest BCUT2D eigenvalue weighted by Crippen LogP contribution is 2.12. The van der Waals surface area contributed by atoms with Crippen LogP contribution >= 0.6 is 0 Å². The molecule has 0 unspecified atom stereocenters. The number of likely N-dealkylation sites (N-methyl/N-ethyl adjacent to an activating group) is 1. The predicted octanol–water partition coefficient (Wildman–Crippen LogP) is 2.53. The van der Waals surface area contributed by atoms with Crippen molar-refractivity contribution >= 4 is 11.6 Å². The average Bonchev–Trinajstić information content (AvgIpc) is 2.84. The van der Waals surface area contributed by atoms with Crippen molar-refractivity contribution in [2.45, 2.75) is 13.5 Å². The lowest BCUT2D eigenvalue weighted by Gasteiger charge is -2.15. The molecule has 1 heterocycles. The Labute approximate surface area is 123 Å². The van der Waals surface area contributed by atoms with Crippen molar-refractivity contribution in [3.8, 4) is 6.07 Å². The van der Waals surface area contributed by atoms with Crippen LogP contribution < -0.4 is 5.32 Å². The maximum atomic E-state index is 12.0. The van der Waals surface area contributed by atoms with Crippen LogP contribution in [0.3, 0.4) is 0 Å². The maximum Gasteiger partial charge on any atom is 0.238 e. The van der Waals surface area contributed by atoms with Gasteiger partial charge in [-0.2, -0.15) is 5.26 Å². The summed E-state index contributed by atoms with van der Waals surface area (Å²) < 4.78 is 5.23. The highest BCUT2D eigenvalue weighted by Gasteiger charge is 2.10. The second-order valence-electron chi connectivity index (χ2n) is 4.92. The van der Waals surface area contributed by atoms with E-state index in [0.717, 1.165) is 11.3 Å². The quantitative estimate of drug-likeness (QED) is 0.915. The lowest BCUT2D eigenvalue weighted by Crippen LogP contribution is -2.29. The fourth-order valence-corrected chi connectivity index (χ4v) is 2.03. The van der Waals surface area contributed by atoms with Crippen LogP contribution in [0.5, 0.6) is 0 Å². The number of furan rings is 1. The molecule has 1 aromatic heterocycles. The first-order valence-corrected chi connectivity index (χ1v) is 6.60. The average molecular weight is 283 g/mol. The molecule has 5 nitrogen and oxygen atoms in total. The molecule has 2 rings (SSSR count). The summed E-state index contributed by atoms with van der Waals surface area (Å²) in [6.07, 6.45) is 1.64. The summed E-state index contributed by atoms with van der Waals surface area (Å²) in [5.41, 5.74) is 2.22. The van der Waals surface area contributed by atoms with Crippen molar-refractivity contribution in [2.24, 2.45) is 0 Å². The fourth-order valence-electron chi connectivity index (χ4n) is 2.03. The van der Waals surface area contributed by atoms with Crippen molar-refractivity contribution in [2.75, 3.05) is 18.9 Å². The van der Waals surface area contributed by atoms with Crippen LogP contribution in [0.2, 0.25) is 0 Å². The van der Waals surface area contributed by atoms with Crippen molar-refractivity contribution in [3.05, 3.63) is 53.5 Å². The van der Waals surface area contributed by atoms with Gasteiger partial charge in [-0.3, -0.25) is 9.69 Å². The summed E-state index contributed by atoms with van der Waals surface area (Å²) in [6, 6.07) is 10.8. The zero-order valence-electron chi connectivity index (χ0n) is 12.1. The molecule has 5 heteroatoms. The van der Waals surface area contributed by atoms with Gasteiger partial charge in [0.15, 0.2) is 0 Å². The normalized spacial score (nSPS) is 10.4. The molecule has 0 radical (unpaired) electrons. The summed E-state index contributed by atoms with van der Waals surface area (Å²) in [4.78, 5) is 13.9. The van der Waals surface area contributed by atoms with E-state index in [1.54, 1.807) is 30.5 Å². The number of nitrogens with zero attached hydrogens (tertiary/aromatic N) is 2. The van der Waals surface area contributed by atoms with Crippen LogP contribution in [0.4, 0.5) is 5.69 Å². The Morgan fingerprint density at radius 1 is 1.43 bits per heavy atom. The van der Waals surface area contributed by atoms with Gasteiger partial charge in [-0.05, 0) is 38.2 Å². The molecule has 0 aliphatic carbocycles. The number of aryl methyl sites for hydroxylation is 1. The molecule has 1 aromatic carbocycles. The number of amides is 1. The van der Waals surface area contributed by atoms with Gasteiger partial charge >= 0.3 is 0 Å². The zero-order valence-corrected chi connectivity index (χ0v) is 12.1. The summed E-state index contributed by atoms with van der Waals surface area (Å²) in [5, 5.41) is 11.6. The number of rotatable bonds is 5. The first-order chi connectivity index (χ1) is 10.1. The van der Waals surface area contributed by atoms with Gasteiger partial charge in [0.05, 0.1) is 24.4 Å². The third kappa shape index (κ3) is 4.20. The first kappa shape index (κ1) is 14.8. The molecular formula is C16H17N3O2. The fraction of sp³-hybridized carbons (Fsp3) is 0.250. The molecule has 1 N–H and O–H groups in total. The van der Waals surface area contributed by atoms with Crippen molar-refractivity contribution in [1.29, 1.82) is 5.26 Å². The second kappa shape index (κ2) is 6.73. The predicted molar refractivity (Wildman–Crippen MR) is 79.6 cm³/mol. The molecule has 0 atom stereocenters. The van der Waals surface area contributed by atoms with E-state index >= 15 is 0 Å². The number of hydrogen-bond acceptors (Lipinski definition) is 4.